The average Bonchev–Trinajstić information content (AvgIpc) is 2.88. The summed E-state index contributed by atoms with van der Waals surface area (Å²) in [6, 6.07) is 9.14. The van der Waals surface area contributed by atoms with Crippen LogP contribution in [0.15, 0.2) is 36.4 Å². The van der Waals surface area contributed by atoms with Gasteiger partial charge in [0.2, 0.25) is 0 Å². The summed E-state index contributed by atoms with van der Waals surface area (Å²) in [6.07, 6.45) is 7.38. The molecule has 1 fully saturated rings. The van der Waals surface area contributed by atoms with Crippen LogP contribution in [0.4, 0.5) is 5.69 Å². The maximum atomic E-state index is 11.7. The number of fused-ring (bicyclic) bond motifs is 1. The predicted molar refractivity (Wildman–Crippen MR) is 148 cm³/mol. The average molecular weight is 546 g/mol. The number of aryl methyl sites for hydroxylation is 1. The summed E-state index contributed by atoms with van der Waals surface area (Å²) in [5.74, 6) is 1.44. The Morgan fingerprint density at radius 1 is 1.19 bits per heavy atom. The topological polar surface area (TPSA) is 90.1 Å². The highest BCUT2D eigenvalue weighted by Crippen LogP contribution is 2.43. The zero-order valence-electron chi connectivity index (χ0n) is 21.2. The first-order chi connectivity index (χ1) is 17.8. The number of ether oxygens (including phenoxy) is 4. The lowest BCUT2D eigenvalue weighted by Crippen LogP contribution is -2.44. The van der Waals surface area contributed by atoms with Crippen molar-refractivity contribution >= 4 is 46.3 Å². The van der Waals surface area contributed by atoms with Crippen molar-refractivity contribution in [2.75, 3.05) is 25.6 Å². The molecule has 0 radical (unpaired) electrons. The highest BCUT2D eigenvalue weighted by atomic mass is 35.5. The van der Waals surface area contributed by atoms with Crippen LogP contribution in [0.25, 0.3) is 5.70 Å². The van der Waals surface area contributed by atoms with E-state index >= 15 is 0 Å². The van der Waals surface area contributed by atoms with Gasteiger partial charge in [-0.15, -0.1) is 0 Å². The fourth-order valence-electron chi connectivity index (χ4n) is 4.54. The van der Waals surface area contributed by atoms with Crippen molar-refractivity contribution in [1.29, 1.82) is 0 Å². The van der Waals surface area contributed by atoms with E-state index in [2.05, 4.69) is 22.2 Å². The molecule has 3 N–H and O–H groups in total. The maximum Gasteiger partial charge on any atom is 0.344 e. The Bertz CT molecular complexity index is 1200. The molecule has 1 aliphatic heterocycles. The van der Waals surface area contributed by atoms with E-state index in [9.17, 15) is 4.79 Å². The van der Waals surface area contributed by atoms with Gasteiger partial charge in [0.15, 0.2) is 11.7 Å². The molecule has 1 aliphatic carbocycles. The maximum absolute atomic E-state index is 11.7. The number of nitrogens with one attached hydrogen (secondary N) is 3. The normalized spacial score (nSPS) is 15.5. The van der Waals surface area contributed by atoms with Crippen LogP contribution in [-0.2, 0) is 9.53 Å². The molecule has 2 aromatic rings. The van der Waals surface area contributed by atoms with Crippen LogP contribution in [0, 0.1) is 6.92 Å². The number of benzene rings is 2. The number of halogens is 1. The van der Waals surface area contributed by atoms with Gasteiger partial charge in [-0.2, -0.15) is 0 Å². The first-order valence-corrected chi connectivity index (χ1v) is 13.1. The number of carbonyl (C=O) groups excluding carboxylic acids is 1. The summed E-state index contributed by atoms with van der Waals surface area (Å²) in [7, 11) is 1.58. The first-order valence-electron chi connectivity index (χ1n) is 12.3. The van der Waals surface area contributed by atoms with Crippen LogP contribution in [0.5, 0.6) is 17.2 Å². The van der Waals surface area contributed by atoms with Gasteiger partial charge < -0.3 is 24.3 Å². The number of methoxy groups -OCH3 is 1. The molecule has 37 heavy (non-hydrogen) atoms. The number of hydrogen-bond donors (Lipinski definition) is 3. The highest BCUT2D eigenvalue weighted by Gasteiger charge is 2.37. The van der Waals surface area contributed by atoms with Gasteiger partial charge in [0.05, 0.1) is 25.1 Å². The Kier molecular flexibility index (Phi) is 8.66. The second kappa shape index (κ2) is 11.9. The summed E-state index contributed by atoms with van der Waals surface area (Å²) >= 11 is 11.8. The number of rotatable bonds is 8. The second-order valence-electron chi connectivity index (χ2n) is 9.04. The van der Waals surface area contributed by atoms with E-state index in [0.717, 1.165) is 48.3 Å². The van der Waals surface area contributed by atoms with Gasteiger partial charge in [-0.1, -0.05) is 18.0 Å². The molecule has 2 aromatic carbocycles. The molecule has 1 spiro atoms. The molecule has 4 rings (SSSR count). The van der Waals surface area contributed by atoms with Gasteiger partial charge in [0, 0.05) is 16.7 Å². The van der Waals surface area contributed by atoms with Crippen molar-refractivity contribution < 1.29 is 23.7 Å². The molecule has 2 aliphatic rings. The van der Waals surface area contributed by atoms with E-state index in [0.29, 0.717) is 33.9 Å². The summed E-state index contributed by atoms with van der Waals surface area (Å²) in [6.45, 7) is 3.81. The van der Waals surface area contributed by atoms with E-state index in [4.69, 9.17) is 42.8 Å². The summed E-state index contributed by atoms with van der Waals surface area (Å²) in [4.78, 5) is 11.7. The number of hydrogen-bond acceptors (Lipinski definition) is 7. The van der Waals surface area contributed by atoms with Crippen molar-refractivity contribution in [2.45, 2.75) is 51.6 Å². The lowest BCUT2D eigenvalue weighted by Gasteiger charge is -2.39. The third kappa shape index (κ3) is 6.59. The summed E-state index contributed by atoms with van der Waals surface area (Å²) < 4.78 is 22.5. The smallest absolute Gasteiger partial charge is 0.344 e. The van der Waals surface area contributed by atoms with Gasteiger partial charge in [0.25, 0.3) is 0 Å². The molecule has 0 amide bonds. The molecule has 0 aromatic heterocycles. The van der Waals surface area contributed by atoms with Crippen molar-refractivity contribution in [1.82, 2.24) is 10.9 Å². The number of hydrazine groups is 1. The molecule has 1 heterocycles. The minimum Gasteiger partial charge on any atom is -0.495 e. The fourth-order valence-corrected chi connectivity index (χ4v) is 4.85. The molecule has 1 saturated carbocycles. The number of thiocarbonyl (C=S) groups is 1. The summed E-state index contributed by atoms with van der Waals surface area (Å²) in [5, 5.41) is 4.12. The molecule has 10 heteroatoms. The Hall–Kier alpha value is -3.17. The number of anilines is 1. The Labute approximate surface area is 227 Å². The van der Waals surface area contributed by atoms with Crippen molar-refractivity contribution in [2.24, 2.45) is 0 Å². The molecule has 0 saturated heterocycles. The molecular formula is C27H32ClN3O5S. The van der Waals surface area contributed by atoms with E-state index in [1.807, 2.05) is 25.1 Å². The molecule has 0 bridgehead atoms. The molecule has 8 nitrogen and oxygen atoms in total. The van der Waals surface area contributed by atoms with Crippen molar-refractivity contribution in [3.63, 3.8) is 0 Å². The third-order valence-corrected chi connectivity index (χ3v) is 6.97. The van der Waals surface area contributed by atoms with Crippen LogP contribution in [-0.4, -0.2) is 37.0 Å². The zero-order chi connectivity index (χ0) is 26.4. The Balaban J connectivity index is 1.52. The zero-order valence-corrected chi connectivity index (χ0v) is 22.8. The number of esters is 1. The van der Waals surface area contributed by atoms with Crippen LogP contribution < -0.4 is 30.4 Å². The van der Waals surface area contributed by atoms with Crippen LogP contribution >= 0.6 is 23.8 Å². The SMILES string of the molecule is CCOC(=O)COc1ccc2c(c1)C(NNC(=S)Nc1cc(C)c(Cl)cc1OC)=CC1(CCCCC1)O2. The predicted octanol–water partition coefficient (Wildman–Crippen LogP) is 5.53. The van der Waals surface area contributed by atoms with Gasteiger partial charge >= 0.3 is 5.97 Å². The minimum absolute atomic E-state index is 0.168. The minimum atomic E-state index is -0.419. The van der Waals surface area contributed by atoms with Crippen molar-refractivity contribution in [3.05, 3.63) is 52.6 Å². The van der Waals surface area contributed by atoms with E-state index in [1.165, 1.54) is 6.42 Å². The lowest BCUT2D eigenvalue weighted by molar-refractivity contribution is -0.145. The monoisotopic (exact) mass is 545 g/mol. The van der Waals surface area contributed by atoms with Crippen LogP contribution in [0.2, 0.25) is 5.02 Å². The largest absolute Gasteiger partial charge is 0.495 e. The molecule has 0 atom stereocenters. The molecule has 198 valence electrons. The Morgan fingerprint density at radius 3 is 2.70 bits per heavy atom. The summed E-state index contributed by atoms with van der Waals surface area (Å²) in [5.41, 5.74) is 9.17. The molecule has 0 unspecified atom stereocenters. The van der Waals surface area contributed by atoms with Gasteiger partial charge in [-0.25, -0.2) is 4.79 Å². The van der Waals surface area contributed by atoms with Crippen LogP contribution in [0.3, 0.4) is 0 Å². The van der Waals surface area contributed by atoms with Gasteiger partial charge in [-0.05, 0) is 87.7 Å². The number of carbonyl (C=O) groups is 1. The quantitative estimate of drug-likeness (QED) is 0.225. The fraction of sp³-hybridized carbons (Fsp3) is 0.407. The third-order valence-electron chi connectivity index (χ3n) is 6.36. The van der Waals surface area contributed by atoms with Gasteiger partial charge in [0.1, 0.15) is 22.8 Å². The van der Waals surface area contributed by atoms with Crippen LogP contribution in [0.1, 0.15) is 50.2 Å². The first kappa shape index (κ1) is 26.9. The van der Waals surface area contributed by atoms with Crippen molar-refractivity contribution in [3.8, 4) is 17.2 Å². The Morgan fingerprint density at radius 2 is 1.97 bits per heavy atom. The van der Waals surface area contributed by atoms with E-state index < -0.39 is 5.97 Å². The lowest BCUT2D eigenvalue weighted by atomic mass is 9.82. The van der Waals surface area contributed by atoms with Gasteiger partial charge in [-0.3, -0.25) is 10.9 Å². The second-order valence-corrected chi connectivity index (χ2v) is 9.86. The van der Waals surface area contributed by atoms with E-state index in [1.54, 1.807) is 26.2 Å². The molecular weight excluding hydrogens is 514 g/mol. The van der Waals surface area contributed by atoms with E-state index in [-0.39, 0.29) is 12.2 Å². The highest BCUT2D eigenvalue weighted by molar-refractivity contribution is 7.80. The standard InChI is InChI=1S/C27H32ClN3O5S/c1-4-34-25(32)16-35-18-8-9-23-19(13-18)22(15-27(36-23)10-6-5-7-11-27)30-31-26(37)29-21-12-17(2)20(28)14-24(21)33-3/h8-9,12-15,30H,4-7,10-11,16H2,1-3H3,(H2,29,31,37).